The van der Waals surface area contributed by atoms with Gasteiger partial charge in [-0.05, 0) is 12.1 Å². The highest BCUT2D eigenvalue weighted by atomic mass is 16.5. The molecule has 4 heteroatoms. The van der Waals surface area contributed by atoms with E-state index in [0.717, 1.165) is 0 Å². The van der Waals surface area contributed by atoms with Gasteiger partial charge in [0.2, 0.25) is 0 Å². The summed E-state index contributed by atoms with van der Waals surface area (Å²) in [4.78, 5) is 17.7. The molecule has 12 heavy (non-hydrogen) atoms. The van der Waals surface area contributed by atoms with Crippen molar-refractivity contribution in [3.8, 4) is 0 Å². The van der Waals surface area contributed by atoms with Gasteiger partial charge in [-0.3, -0.25) is 4.79 Å². The second kappa shape index (κ2) is 4.23. The molecule has 4 nitrogen and oxygen atoms in total. The minimum Gasteiger partial charge on any atom is -0.454 e. The van der Waals surface area contributed by atoms with Gasteiger partial charge < -0.3 is 4.74 Å². The molecular formula is C8H8N2O2. The molecule has 0 N–H and O–H groups in total. The average Bonchev–Trinajstić information content (AvgIpc) is 2.15. The van der Waals surface area contributed by atoms with Crippen LogP contribution in [0.1, 0.15) is 11.8 Å². The van der Waals surface area contributed by atoms with E-state index in [0.29, 0.717) is 12.2 Å². The van der Waals surface area contributed by atoms with Gasteiger partial charge in [0, 0.05) is 6.20 Å². The first-order valence-corrected chi connectivity index (χ1v) is 3.36. The van der Waals surface area contributed by atoms with Crippen molar-refractivity contribution in [1.29, 1.82) is 0 Å². The average molecular weight is 164 g/mol. The summed E-state index contributed by atoms with van der Waals surface area (Å²) in [5.41, 5.74) is 0.618. The van der Waals surface area contributed by atoms with Crippen molar-refractivity contribution in [1.82, 2.24) is 9.97 Å². The fourth-order valence-electron chi connectivity index (χ4n) is 0.775. The molecule has 1 rings (SSSR count). The van der Waals surface area contributed by atoms with Gasteiger partial charge >= 0.3 is 0 Å². The van der Waals surface area contributed by atoms with Crippen LogP contribution in [0.25, 0.3) is 0 Å². The zero-order chi connectivity index (χ0) is 8.81. The fourth-order valence-corrected chi connectivity index (χ4v) is 0.775. The van der Waals surface area contributed by atoms with Crippen LogP contribution in [0.5, 0.6) is 0 Å². The molecular weight excluding hydrogens is 156 g/mol. The lowest BCUT2D eigenvalue weighted by Crippen LogP contribution is -2.01. The molecule has 1 aromatic rings. The van der Waals surface area contributed by atoms with Crippen molar-refractivity contribution in [2.45, 2.75) is 6.10 Å². The molecule has 0 aliphatic carbocycles. The summed E-state index contributed by atoms with van der Waals surface area (Å²) in [7, 11) is 0. The summed E-state index contributed by atoms with van der Waals surface area (Å²) in [6.45, 7) is 3.88. The van der Waals surface area contributed by atoms with Crippen LogP contribution in [0.3, 0.4) is 0 Å². The Morgan fingerprint density at radius 1 is 1.67 bits per heavy atom. The van der Waals surface area contributed by atoms with Crippen molar-refractivity contribution in [3.63, 3.8) is 0 Å². The third kappa shape index (κ3) is 1.88. The van der Waals surface area contributed by atoms with Crippen LogP contribution in [0.2, 0.25) is 0 Å². The molecule has 0 saturated heterocycles. The van der Waals surface area contributed by atoms with Crippen LogP contribution in [0.4, 0.5) is 0 Å². The molecule has 0 radical (unpaired) electrons. The first-order valence-electron chi connectivity index (χ1n) is 3.36. The number of rotatable bonds is 4. The Labute approximate surface area is 69.9 Å². The van der Waals surface area contributed by atoms with Crippen LogP contribution in [0, 0.1) is 0 Å². The monoisotopic (exact) mass is 164 g/mol. The van der Waals surface area contributed by atoms with Crippen LogP contribution in [-0.4, -0.2) is 16.4 Å². The molecule has 0 bridgehead atoms. The smallest absolute Gasteiger partial charge is 0.294 e. The maximum Gasteiger partial charge on any atom is 0.294 e. The van der Waals surface area contributed by atoms with Gasteiger partial charge in [0.15, 0.2) is 6.10 Å². The third-order valence-corrected chi connectivity index (χ3v) is 1.31. The predicted octanol–water partition coefficient (Wildman–Crippen LogP) is 0.877. The molecule has 0 fully saturated rings. The Morgan fingerprint density at radius 3 is 3.00 bits per heavy atom. The second-order valence-electron chi connectivity index (χ2n) is 2.02. The lowest BCUT2D eigenvalue weighted by Gasteiger charge is -2.07. The standard InChI is InChI=1S/C8H8N2O2/c1-2-8(12-6-11)7-3-4-9-5-10-7/h2-6,8H,1H2. The number of carbonyl (C=O) groups is 1. The number of hydrogen-bond acceptors (Lipinski definition) is 4. The molecule has 1 heterocycles. The highest BCUT2D eigenvalue weighted by Gasteiger charge is 2.07. The van der Waals surface area contributed by atoms with Gasteiger partial charge in [0.25, 0.3) is 6.47 Å². The number of hydrogen-bond donors (Lipinski definition) is 0. The zero-order valence-electron chi connectivity index (χ0n) is 6.38. The van der Waals surface area contributed by atoms with Crippen LogP contribution in [-0.2, 0) is 9.53 Å². The first-order chi connectivity index (χ1) is 5.88. The summed E-state index contributed by atoms with van der Waals surface area (Å²) in [6, 6.07) is 1.66. The molecule has 1 unspecified atom stereocenters. The topological polar surface area (TPSA) is 52.1 Å². The molecule has 62 valence electrons. The molecule has 0 spiro atoms. The van der Waals surface area contributed by atoms with E-state index >= 15 is 0 Å². The largest absolute Gasteiger partial charge is 0.454 e. The van der Waals surface area contributed by atoms with E-state index < -0.39 is 6.10 Å². The maximum absolute atomic E-state index is 10.0. The maximum atomic E-state index is 10.0. The summed E-state index contributed by atoms with van der Waals surface area (Å²) in [6.07, 6.45) is 3.98. The van der Waals surface area contributed by atoms with E-state index in [1.165, 1.54) is 12.4 Å². The van der Waals surface area contributed by atoms with E-state index in [1.807, 2.05) is 0 Å². The van der Waals surface area contributed by atoms with Crippen LogP contribution in [0.15, 0.2) is 31.2 Å². The highest BCUT2D eigenvalue weighted by Crippen LogP contribution is 2.12. The molecule has 0 aliphatic heterocycles. The zero-order valence-corrected chi connectivity index (χ0v) is 6.38. The number of nitrogens with zero attached hydrogens (tertiary/aromatic N) is 2. The van der Waals surface area contributed by atoms with Crippen molar-refractivity contribution in [2.75, 3.05) is 0 Å². The lowest BCUT2D eigenvalue weighted by atomic mass is 10.2. The van der Waals surface area contributed by atoms with E-state index in [-0.39, 0.29) is 0 Å². The summed E-state index contributed by atoms with van der Waals surface area (Å²) in [5.74, 6) is 0. The van der Waals surface area contributed by atoms with E-state index in [2.05, 4.69) is 21.3 Å². The van der Waals surface area contributed by atoms with Gasteiger partial charge in [0.05, 0.1) is 5.69 Å². The van der Waals surface area contributed by atoms with Gasteiger partial charge in [-0.15, -0.1) is 0 Å². The molecule has 0 aromatic carbocycles. The third-order valence-electron chi connectivity index (χ3n) is 1.31. The second-order valence-corrected chi connectivity index (χ2v) is 2.02. The number of ether oxygens (including phenoxy) is 1. The van der Waals surface area contributed by atoms with Gasteiger partial charge in [-0.25, -0.2) is 9.97 Å². The Morgan fingerprint density at radius 2 is 2.50 bits per heavy atom. The quantitative estimate of drug-likeness (QED) is 0.489. The Balaban J connectivity index is 2.79. The van der Waals surface area contributed by atoms with Crippen molar-refractivity contribution < 1.29 is 9.53 Å². The van der Waals surface area contributed by atoms with Crippen LogP contribution < -0.4 is 0 Å². The van der Waals surface area contributed by atoms with Crippen molar-refractivity contribution >= 4 is 6.47 Å². The fraction of sp³-hybridized carbons (Fsp3) is 0.125. The lowest BCUT2D eigenvalue weighted by molar-refractivity contribution is -0.131. The van der Waals surface area contributed by atoms with Gasteiger partial charge in [-0.2, -0.15) is 0 Å². The molecule has 0 aliphatic rings. The van der Waals surface area contributed by atoms with Crippen molar-refractivity contribution in [2.24, 2.45) is 0 Å². The molecule has 1 atom stereocenters. The van der Waals surface area contributed by atoms with Crippen LogP contribution >= 0.6 is 0 Å². The number of carbonyl (C=O) groups excluding carboxylic acids is 1. The minimum atomic E-state index is -0.481. The summed E-state index contributed by atoms with van der Waals surface area (Å²) < 4.78 is 4.69. The van der Waals surface area contributed by atoms with Gasteiger partial charge in [0.1, 0.15) is 6.33 Å². The highest BCUT2D eigenvalue weighted by molar-refractivity contribution is 5.38. The SMILES string of the molecule is C=CC(OC=O)c1ccncn1. The summed E-state index contributed by atoms with van der Waals surface area (Å²) in [5, 5.41) is 0. The van der Waals surface area contributed by atoms with Crippen molar-refractivity contribution in [3.05, 3.63) is 36.9 Å². The Kier molecular flexibility index (Phi) is 2.95. The molecule has 0 saturated carbocycles. The van der Waals surface area contributed by atoms with E-state index in [9.17, 15) is 4.79 Å². The minimum absolute atomic E-state index is 0.369. The summed E-state index contributed by atoms with van der Waals surface area (Å²) >= 11 is 0. The van der Waals surface area contributed by atoms with E-state index in [4.69, 9.17) is 0 Å². The Hall–Kier alpha value is -1.71. The van der Waals surface area contributed by atoms with Gasteiger partial charge in [-0.1, -0.05) is 6.58 Å². The predicted molar refractivity (Wildman–Crippen MR) is 42.1 cm³/mol. The Bertz CT molecular complexity index is 261. The normalized spacial score (nSPS) is 11.7. The first kappa shape index (κ1) is 8.39. The molecule has 0 amide bonds. The molecule has 1 aromatic heterocycles. The van der Waals surface area contributed by atoms with E-state index in [1.54, 1.807) is 12.3 Å². The number of aromatic nitrogens is 2.